The van der Waals surface area contributed by atoms with Crippen molar-refractivity contribution in [2.45, 2.75) is 12.9 Å². The highest BCUT2D eigenvalue weighted by Crippen LogP contribution is 2.33. The van der Waals surface area contributed by atoms with Crippen LogP contribution in [0.25, 0.3) is 6.08 Å². The highest BCUT2D eigenvalue weighted by atomic mass is 16.7. The lowest BCUT2D eigenvalue weighted by Gasteiger charge is -2.23. The molecule has 0 unspecified atom stereocenters. The van der Waals surface area contributed by atoms with Crippen molar-refractivity contribution < 1.29 is 33.3 Å². The number of benzene rings is 3. The highest BCUT2D eigenvalue weighted by molar-refractivity contribution is 6.18. The van der Waals surface area contributed by atoms with Gasteiger partial charge in [0.2, 0.25) is 6.79 Å². The van der Waals surface area contributed by atoms with E-state index in [0.29, 0.717) is 29.2 Å². The zero-order valence-electron chi connectivity index (χ0n) is 16.9. The molecule has 2 heterocycles. The van der Waals surface area contributed by atoms with Crippen LogP contribution < -0.4 is 14.2 Å². The molecule has 3 aromatic carbocycles. The van der Waals surface area contributed by atoms with Crippen LogP contribution in [-0.4, -0.2) is 18.7 Å². The van der Waals surface area contributed by atoms with Crippen LogP contribution in [0.2, 0.25) is 0 Å². The Morgan fingerprint density at radius 3 is 2.31 bits per heavy atom. The van der Waals surface area contributed by atoms with Crippen LogP contribution in [0.3, 0.4) is 0 Å². The van der Waals surface area contributed by atoms with Gasteiger partial charge in [-0.25, -0.2) is 9.59 Å². The van der Waals surface area contributed by atoms with Crippen LogP contribution in [-0.2, 0) is 25.7 Å². The Hall–Kier alpha value is -4.26. The van der Waals surface area contributed by atoms with Gasteiger partial charge in [0.1, 0.15) is 17.9 Å². The molecule has 5 rings (SSSR count). The molecule has 0 spiro atoms. The minimum absolute atomic E-state index is 0.161. The maximum Gasteiger partial charge on any atom is 0.348 e. The number of hydrogen-bond acceptors (Lipinski definition) is 7. The van der Waals surface area contributed by atoms with E-state index in [1.54, 1.807) is 48.5 Å². The van der Waals surface area contributed by atoms with Gasteiger partial charge < -0.3 is 23.7 Å². The van der Waals surface area contributed by atoms with E-state index in [2.05, 4.69) is 0 Å². The molecule has 3 aromatic rings. The third-order valence-corrected chi connectivity index (χ3v) is 4.97. The molecule has 0 saturated carbocycles. The molecular formula is C25H18O7. The summed E-state index contributed by atoms with van der Waals surface area (Å²) in [6.07, 6.45) is 0.397. The van der Waals surface area contributed by atoms with E-state index in [9.17, 15) is 9.59 Å². The largest absolute Gasteiger partial charge is 0.489 e. The first kappa shape index (κ1) is 19.7. The van der Waals surface area contributed by atoms with Crippen molar-refractivity contribution in [3.05, 3.63) is 95.1 Å². The SMILES string of the molecule is O=C1OC(c2ccccc2)OC(=O)C1=Cc1ccc(OCc2ccc3c(c2)OCO3)cc1. The van der Waals surface area contributed by atoms with Gasteiger partial charge >= 0.3 is 11.9 Å². The van der Waals surface area contributed by atoms with Crippen LogP contribution in [0.5, 0.6) is 17.2 Å². The molecule has 0 bridgehead atoms. The summed E-state index contributed by atoms with van der Waals surface area (Å²) in [5.74, 6) is 0.619. The van der Waals surface area contributed by atoms with Gasteiger partial charge in [0.15, 0.2) is 11.5 Å². The zero-order valence-corrected chi connectivity index (χ0v) is 16.9. The lowest BCUT2D eigenvalue weighted by molar-refractivity contribution is -0.195. The maximum atomic E-state index is 12.4. The molecule has 160 valence electrons. The molecule has 1 saturated heterocycles. The fourth-order valence-corrected chi connectivity index (χ4v) is 3.32. The maximum absolute atomic E-state index is 12.4. The molecule has 0 aromatic heterocycles. The van der Waals surface area contributed by atoms with Crippen LogP contribution in [0.15, 0.2) is 78.4 Å². The molecule has 1 fully saturated rings. The van der Waals surface area contributed by atoms with Crippen molar-refractivity contribution in [2.24, 2.45) is 0 Å². The van der Waals surface area contributed by atoms with Crippen LogP contribution in [0.4, 0.5) is 0 Å². The summed E-state index contributed by atoms with van der Waals surface area (Å²) in [6.45, 7) is 0.585. The summed E-state index contributed by atoms with van der Waals surface area (Å²) in [5.41, 5.74) is 2.02. The van der Waals surface area contributed by atoms with E-state index in [4.69, 9.17) is 23.7 Å². The monoisotopic (exact) mass is 430 g/mol. The molecule has 2 aliphatic heterocycles. The second-order valence-corrected chi connectivity index (χ2v) is 7.16. The topological polar surface area (TPSA) is 80.3 Å². The molecule has 7 nitrogen and oxygen atoms in total. The van der Waals surface area contributed by atoms with Gasteiger partial charge in [-0.1, -0.05) is 48.5 Å². The number of carbonyl (C=O) groups excluding carboxylic acids is 2. The number of cyclic esters (lactones) is 2. The Balaban J connectivity index is 1.23. The van der Waals surface area contributed by atoms with Gasteiger partial charge in [0, 0.05) is 5.56 Å². The van der Waals surface area contributed by atoms with Crippen molar-refractivity contribution >= 4 is 18.0 Å². The Morgan fingerprint density at radius 2 is 1.56 bits per heavy atom. The predicted octanol–water partition coefficient (Wildman–Crippen LogP) is 4.18. The van der Waals surface area contributed by atoms with Gasteiger partial charge in [0.25, 0.3) is 6.29 Å². The Bertz CT molecular complexity index is 1160. The smallest absolute Gasteiger partial charge is 0.348 e. The van der Waals surface area contributed by atoms with E-state index in [1.807, 2.05) is 24.3 Å². The van der Waals surface area contributed by atoms with E-state index in [1.165, 1.54) is 6.08 Å². The van der Waals surface area contributed by atoms with Crippen LogP contribution in [0, 0.1) is 0 Å². The molecule has 7 heteroatoms. The summed E-state index contributed by atoms with van der Waals surface area (Å²) in [5, 5.41) is 0. The average molecular weight is 430 g/mol. The summed E-state index contributed by atoms with van der Waals surface area (Å²) in [7, 11) is 0. The number of hydrogen-bond donors (Lipinski definition) is 0. The van der Waals surface area contributed by atoms with Crippen molar-refractivity contribution in [3.8, 4) is 17.2 Å². The number of esters is 2. The molecular weight excluding hydrogens is 412 g/mol. The molecule has 0 aliphatic carbocycles. The molecule has 0 atom stereocenters. The van der Waals surface area contributed by atoms with Gasteiger partial charge in [0.05, 0.1) is 0 Å². The molecule has 2 aliphatic rings. The van der Waals surface area contributed by atoms with Crippen molar-refractivity contribution in [3.63, 3.8) is 0 Å². The summed E-state index contributed by atoms with van der Waals surface area (Å²) in [4.78, 5) is 24.7. The fourth-order valence-electron chi connectivity index (χ4n) is 3.32. The standard InChI is InChI=1S/C25H18O7/c26-23-20(24(27)32-25(31-23)18-4-2-1-3-5-18)12-16-6-9-19(10-7-16)28-14-17-8-11-21-22(13-17)30-15-29-21/h1-13,25H,14-15H2. The zero-order chi connectivity index (χ0) is 21.9. The first-order chi connectivity index (χ1) is 15.7. The normalized spacial score (nSPS) is 16.9. The Morgan fingerprint density at radius 1 is 0.844 bits per heavy atom. The lowest BCUT2D eigenvalue weighted by Crippen LogP contribution is -2.29. The Kier molecular flexibility index (Phi) is 5.21. The summed E-state index contributed by atoms with van der Waals surface area (Å²) in [6, 6.07) is 21.5. The summed E-state index contributed by atoms with van der Waals surface area (Å²) < 4.78 is 27.0. The van der Waals surface area contributed by atoms with Crippen molar-refractivity contribution in [1.82, 2.24) is 0 Å². The van der Waals surface area contributed by atoms with Gasteiger partial charge in [-0.3, -0.25) is 0 Å². The molecule has 0 radical (unpaired) electrons. The number of rotatable bonds is 5. The predicted molar refractivity (Wildman–Crippen MR) is 113 cm³/mol. The number of carbonyl (C=O) groups is 2. The molecule has 0 N–H and O–H groups in total. The third kappa shape index (κ3) is 4.13. The summed E-state index contributed by atoms with van der Waals surface area (Å²) >= 11 is 0. The van der Waals surface area contributed by atoms with E-state index in [-0.39, 0.29) is 12.4 Å². The Labute approximate surface area is 183 Å². The molecule has 32 heavy (non-hydrogen) atoms. The van der Waals surface area contributed by atoms with Crippen LogP contribution >= 0.6 is 0 Å². The van der Waals surface area contributed by atoms with Crippen LogP contribution in [0.1, 0.15) is 23.0 Å². The van der Waals surface area contributed by atoms with Crippen molar-refractivity contribution in [1.29, 1.82) is 0 Å². The van der Waals surface area contributed by atoms with Gasteiger partial charge in [-0.05, 0) is 41.5 Å². The van der Waals surface area contributed by atoms with Gasteiger partial charge in [-0.15, -0.1) is 0 Å². The molecule has 0 amide bonds. The number of fused-ring (bicyclic) bond motifs is 1. The number of ether oxygens (including phenoxy) is 5. The van der Waals surface area contributed by atoms with Gasteiger partial charge in [-0.2, -0.15) is 0 Å². The van der Waals surface area contributed by atoms with Crippen molar-refractivity contribution in [2.75, 3.05) is 6.79 Å². The third-order valence-electron chi connectivity index (χ3n) is 4.97. The fraction of sp³-hybridized carbons (Fsp3) is 0.120. The minimum atomic E-state index is -1.04. The average Bonchev–Trinajstić information content (AvgIpc) is 3.29. The van der Waals surface area contributed by atoms with E-state index < -0.39 is 18.2 Å². The van der Waals surface area contributed by atoms with E-state index in [0.717, 1.165) is 11.3 Å². The second-order valence-electron chi connectivity index (χ2n) is 7.16. The lowest BCUT2D eigenvalue weighted by atomic mass is 10.1. The van der Waals surface area contributed by atoms with E-state index >= 15 is 0 Å². The highest BCUT2D eigenvalue weighted by Gasteiger charge is 2.34. The first-order valence-corrected chi connectivity index (χ1v) is 9.96. The quantitative estimate of drug-likeness (QED) is 0.341. The first-order valence-electron chi connectivity index (χ1n) is 9.96. The minimum Gasteiger partial charge on any atom is -0.489 e. The second kappa shape index (κ2) is 8.47.